The van der Waals surface area contributed by atoms with Crippen molar-refractivity contribution in [2.24, 2.45) is 23.0 Å². The predicted molar refractivity (Wildman–Crippen MR) is 73.9 cm³/mol. The molecule has 100 valence electrons. The van der Waals surface area contributed by atoms with Gasteiger partial charge >= 0.3 is 0 Å². The molecule has 1 saturated heterocycles. The average Bonchev–Trinajstić information content (AvgIpc) is 2.79. The molecule has 0 amide bonds. The fourth-order valence-corrected chi connectivity index (χ4v) is 3.88. The third-order valence-corrected chi connectivity index (χ3v) is 5.22. The van der Waals surface area contributed by atoms with Crippen molar-refractivity contribution < 1.29 is 0 Å². The molecule has 0 bridgehead atoms. The molecule has 3 atom stereocenters. The van der Waals surface area contributed by atoms with Gasteiger partial charge in [0, 0.05) is 18.6 Å². The van der Waals surface area contributed by atoms with Crippen molar-refractivity contribution in [3.63, 3.8) is 0 Å². The minimum Gasteiger partial charge on any atom is -0.327 e. The van der Waals surface area contributed by atoms with Crippen molar-refractivity contribution in [2.45, 2.75) is 65.5 Å². The summed E-state index contributed by atoms with van der Waals surface area (Å²) in [4.78, 5) is 2.72. The second-order valence-corrected chi connectivity index (χ2v) is 7.26. The highest BCUT2D eigenvalue weighted by molar-refractivity contribution is 4.96. The summed E-state index contributed by atoms with van der Waals surface area (Å²) in [6.07, 6.45) is 5.41. The van der Waals surface area contributed by atoms with E-state index in [4.69, 9.17) is 5.73 Å². The summed E-state index contributed by atoms with van der Waals surface area (Å²) < 4.78 is 0. The van der Waals surface area contributed by atoms with Gasteiger partial charge in [-0.25, -0.2) is 0 Å². The van der Waals surface area contributed by atoms with Crippen LogP contribution in [0.3, 0.4) is 0 Å². The monoisotopic (exact) mass is 238 g/mol. The number of rotatable bonds is 3. The fraction of sp³-hybridized carbons (Fsp3) is 1.00. The fourth-order valence-electron chi connectivity index (χ4n) is 3.88. The Morgan fingerprint density at radius 3 is 2.53 bits per heavy atom. The zero-order valence-corrected chi connectivity index (χ0v) is 12.1. The van der Waals surface area contributed by atoms with Gasteiger partial charge in [0.2, 0.25) is 0 Å². The molecule has 2 N–H and O–H groups in total. The van der Waals surface area contributed by atoms with E-state index >= 15 is 0 Å². The lowest BCUT2D eigenvalue weighted by Gasteiger charge is -2.33. The molecule has 0 aromatic carbocycles. The van der Waals surface area contributed by atoms with Crippen LogP contribution >= 0.6 is 0 Å². The van der Waals surface area contributed by atoms with Crippen LogP contribution in [0.15, 0.2) is 0 Å². The minimum atomic E-state index is 0.359. The molecule has 2 aliphatic rings. The Hall–Kier alpha value is -0.0800. The molecule has 2 rings (SSSR count). The predicted octanol–water partition coefficient (Wildman–Crippen LogP) is 2.87. The van der Waals surface area contributed by atoms with Crippen LogP contribution in [0.1, 0.15) is 53.4 Å². The summed E-state index contributed by atoms with van der Waals surface area (Å²) in [6, 6.07) is 1.21. The molecule has 1 heterocycles. The van der Waals surface area contributed by atoms with E-state index in [0.717, 1.165) is 17.9 Å². The highest BCUT2D eigenvalue weighted by atomic mass is 15.2. The minimum absolute atomic E-state index is 0.359. The van der Waals surface area contributed by atoms with Gasteiger partial charge in [-0.3, -0.25) is 4.90 Å². The maximum atomic E-state index is 6.43. The molecule has 0 aromatic heterocycles. The Morgan fingerprint density at radius 2 is 2.00 bits per heavy atom. The standard InChI is InChI=1S/C15H30N2/c1-11(2)13-6-5-9-17(13)10-12-7-8-15(3,4)14(12)16/h11-14H,5-10,16H2,1-4H3. The zero-order chi connectivity index (χ0) is 12.6. The van der Waals surface area contributed by atoms with Gasteiger partial charge in [-0.2, -0.15) is 0 Å². The molecule has 2 fully saturated rings. The molecule has 2 nitrogen and oxygen atoms in total. The van der Waals surface area contributed by atoms with Gasteiger partial charge in [0.25, 0.3) is 0 Å². The van der Waals surface area contributed by atoms with Gasteiger partial charge < -0.3 is 5.73 Å². The van der Waals surface area contributed by atoms with Crippen LogP contribution in [0.2, 0.25) is 0 Å². The van der Waals surface area contributed by atoms with Gasteiger partial charge in [0.1, 0.15) is 0 Å². The first kappa shape index (κ1) is 13.4. The molecule has 0 radical (unpaired) electrons. The van der Waals surface area contributed by atoms with Crippen molar-refractivity contribution in [1.29, 1.82) is 0 Å². The van der Waals surface area contributed by atoms with Crippen LogP contribution in [0.25, 0.3) is 0 Å². The molecule has 0 spiro atoms. The van der Waals surface area contributed by atoms with E-state index in [1.807, 2.05) is 0 Å². The lowest BCUT2D eigenvalue weighted by molar-refractivity contribution is 0.163. The van der Waals surface area contributed by atoms with E-state index in [2.05, 4.69) is 32.6 Å². The van der Waals surface area contributed by atoms with Crippen molar-refractivity contribution >= 4 is 0 Å². The van der Waals surface area contributed by atoms with Crippen molar-refractivity contribution in [1.82, 2.24) is 4.90 Å². The molecular formula is C15H30N2. The quantitative estimate of drug-likeness (QED) is 0.819. The van der Waals surface area contributed by atoms with E-state index in [0.29, 0.717) is 11.5 Å². The van der Waals surface area contributed by atoms with Crippen LogP contribution in [-0.2, 0) is 0 Å². The number of hydrogen-bond acceptors (Lipinski definition) is 2. The first-order chi connectivity index (χ1) is 7.92. The van der Waals surface area contributed by atoms with Crippen molar-refractivity contribution in [2.75, 3.05) is 13.1 Å². The Morgan fingerprint density at radius 1 is 1.29 bits per heavy atom. The van der Waals surface area contributed by atoms with E-state index in [9.17, 15) is 0 Å². The SMILES string of the molecule is CC(C)C1CCCN1CC1CCC(C)(C)C1N. The Kier molecular flexibility index (Phi) is 3.84. The molecule has 17 heavy (non-hydrogen) atoms. The van der Waals surface area contributed by atoms with Crippen molar-refractivity contribution in [3.8, 4) is 0 Å². The van der Waals surface area contributed by atoms with Crippen LogP contribution in [0, 0.1) is 17.3 Å². The lowest BCUT2D eigenvalue weighted by Crippen LogP contribution is -2.44. The van der Waals surface area contributed by atoms with E-state index in [-0.39, 0.29) is 0 Å². The third-order valence-electron chi connectivity index (χ3n) is 5.22. The zero-order valence-electron chi connectivity index (χ0n) is 12.1. The summed E-state index contributed by atoms with van der Waals surface area (Å²) >= 11 is 0. The Bertz CT molecular complexity index is 258. The number of likely N-dealkylation sites (tertiary alicyclic amines) is 1. The van der Waals surface area contributed by atoms with Gasteiger partial charge in [0.05, 0.1) is 0 Å². The molecule has 2 heteroatoms. The summed E-state index contributed by atoms with van der Waals surface area (Å²) in [5.74, 6) is 1.52. The molecule has 3 unspecified atom stereocenters. The maximum absolute atomic E-state index is 6.43. The summed E-state index contributed by atoms with van der Waals surface area (Å²) in [6.45, 7) is 11.9. The highest BCUT2D eigenvalue weighted by Crippen LogP contribution is 2.41. The number of nitrogens with zero attached hydrogens (tertiary/aromatic N) is 1. The highest BCUT2D eigenvalue weighted by Gasteiger charge is 2.41. The second kappa shape index (κ2) is 4.89. The smallest absolute Gasteiger partial charge is 0.0131 e. The Balaban J connectivity index is 1.93. The van der Waals surface area contributed by atoms with Crippen LogP contribution in [-0.4, -0.2) is 30.1 Å². The molecule has 0 aromatic rings. The molecular weight excluding hydrogens is 208 g/mol. The van der Waals surface area contributed by atoms with E-state index < -0.39 is 0 Å². The topological polar surface area (TPSA) is 29.3 Å². The van der Waals surface area contributed by atoms with Gasteiger partial charge in [-0.15, -0.1) is 0 Å². The molecule has 1 aliphatic carbocycles. The van der Waals surface area contributed by atoms with E-state index in [1.165, 1.54) is 38.8 Å². The maximum Gasteiger partial charge on any atom is 0.0131 e. The van der Waals surface area contributed by atoms with Gasteiger partial charge in [-0.1, -0.05) is 27.7 Å². The largest absolute Gasteiger partial charge is 0.327 e. The van der Waals surface area contributed by atoms with Gasteiger partial charge in [0.15, 0.2) is 0 Å². The normalized spacial score (nSPS) is 38.1. The van der Waals surface area contributed by atoms with Crippen LogP contribution < -0.4 is 5.73 Å². The summed E-state index contributed by atoms with van der Waals surface area (Å²) in [7, 11) is 0. The number of hydrogen-bond donors (Lipinski definition) is 1. The van der Waals surface area contributed by atoms with E-state index in [1.54, 1.807) is 0 Å². The first-order valence-corrected chi connectivity index (χ1v) is 7.41. The van der Waals surface area contributed by atoms with Gasteiger partial charge in [-0.05, 0) is 49.5 Å². The van der Waals surface area contributed by atoms with Crippen LogP contribution in [0.5, 0.6) is 0 Å². The van der Waals surface area contributed by atoms with Crippen molar-refractivity contribution in [3.05, 3.63) is 0 Å². The van der Waals surface area contributed by atoms with Crippen LogP contribution in [0.4, 0.5) is 0 Å². The Labute approximate surface area is 107 Å². The summed E-state index contributed by atoms with van der Waals surface area (Å²) in [5, 5.41) is 0. The third kappa shape index (κ3) is 2.68. The molecule has 1 aliphatic heterocycles. The average molecular weight is 238 g/mol. The second-order valence-electron chi connectivity index (χ2n) is 7.26. The first-order valence-electron chi connectivity index (χ1n) is 7.41. The molecule has 1 saturated carbocycles. The number of nitrogens with two attached hydrogens (primary N) is 1. The summed E-state index contributed by atoms with van der Waals surface area (Å²) in [5.41, 5.74) is 6.79. The lowest BCUT2D eigenvalue weighted by atomic mass is 9.85.